The largest absolute Gasteiger partial charge is 0.396 e. The first kappa shape index (κ1) is 11.9. The maximum Gasteiger partial charge on any atom is 0.262 e. The lowest BCUT2D eigenvalue weighted by Crippen LogP contribution is -2.12. The van der Waals surface area contributed by atoms with Crippen LogP contribution in [0.1, 0.15) is 0 Å². The molecular weight excluding hydrogens is 263 g/mol. The zero-order chi connectivity index (χ0) is 12.5. The van der Waals surface area contributed by atoms with Gasteiger partial charge in [-0.05, 0) is 29.6 Å². The van der Waals surface area contributed by atoms with Gasteiger partial charge in [-0.3, -0.25) is 4.72 Å². The lowest BCUT2D eigenvalue weighted by atomic mass is 10.3. The highest BCUT2D eigenvalue weighted by atomic mass is 32.2. The molecule has 0 spiro atoms. The lowest BCUT2D eigenvalue weighted by molar-refractivity contribution is 0.596. The van der Waals surface area contributed by atoms with Gasteiger partial charge in [0.05, 0.1) is 16.3 Å². The standard InChI is InChI=1S/C10H9FN2O2S2/c11-9-5-8(1-2-10(9)12)17(14,15)13-7-3-4-16-6-7/h1-6,13H,12H2. The molecule has 90 valence electrons. The lowest BCUT2D eigenvalue weighted by Gasteiger charge is -2.06. The number of hydrogen-bond donors (Lipinski definition) is 2. The van der Waals surface area contributed by atoms with Crippen LogP contribution in [0.5, 0.6) is 0 Å². The van der Waals surface area contributed by atoms with Crippen molar-refractivity contribution in [2.45, 2.75) is 4.90 Å². The third-order valence-corrected chi connectivity index (χ3v) is 4.12. The average Bonchev–Trinajstić information content (AvgIpc) is 2.73. The summed E-state index contributed by atoms with van der Waals surface area (Å²) in [4.78, 5) is -0.157. The number of rotatable bonds is 3. The second kappa shape index (κ2) is 4.34. The topological polar surface area (TPSA) is 72.2 Å². The molecule has 0 fully saturated rings. The Morgan fingerprint density at radius 2 is 2.06 bits per heavy atom. The maximum absolute atomic E-state index is 13.2. The van der Waals surface area contributed by atoms with E-state index in [1.54, 1.807) is 16.8 Å². The minimum atomic E-state index is -3.76. The summed E-state index contributed by atoms with van der Waals surface area (Å²) in [5.74, 6) is -0.752. The number of sulfonamides is 1. The van der Waals surface area contributed by atoms with Crippen molar-refractivity contribution < 1.29 is 12.8 Å². The van der Waals surface area contributed by atoms with Gasteiger partial charge in [0.1, 0.15) is 5.82 Å². The number of nitrogen functional groups attached to an aromatic ring is 1. The summed E-state index contributed by atoms with van der Waals surface area (Å²) in [5, 5.41) is 3.38. The van der Waals surface area contributed by atoms with Crippen LogP contribution in [0.25, 0.3) is 0 Å². The molecule has 1 aromatic heterocycles. The van der Waals surface area contributed by atoms with Crippen LogP contribution in [-0.4, -0.2) is 8.42 Å². The molecule has 17 heavy (non-hydrogen) atoms. The van der Waals surface area contributed by atoms with Gasteiger partial charge in [0.25, 0.3) is 10.0 Å². The van der Waals surface area contributed by atoms with Gasteiger partial charge >= 0.3 is 0 Å². The molecule has 0 saturated heterocycles. The molecule has 0 atom stereocenters. The van der Waals surface area contributed by atoms with Crippen LogP contribution in [0.4, 0.5) is 15.8 Å². The van der Waals surface area contributed by atoms with Crippen LogP contribution in [0.3, 0.4) is 0 Å². The molecule has 0 radical (unpaired) electrons. The molecule has 1 heterocycles. The van der Waals surface area contributed by atoms with Crippen molar-refractivity contribution in [3.63, 3.8) is 0 Å². The number of benzene rings is 1. The fraction of sp³-hybridized carbons (Fsp3) is 0. The Morgan fingerprint density at radius 1 is 1.29 bits per heavy atom. The smallest absolute Gasteiger partial charge is 0.262 e. The number of nitrogens with two attached hydrogens (primary N) is 1. The van der Waals surface area contributed by atoms with Gasteiger partial charge in [0.2, 0.25) is 0 Å². The van der Waals surface area contributed by atoms with Crippen molar-refractivity contribution in [3.8, 4) is 0 Å². The first-order chi connectivity index (χ1) is 7.99. The van der Waals surface area contributed by atoms with E-state index in [2.05, 4.69) is 4.72 Å². The van der Waals surface area contributed by atoms with E-state index in [1.165, 1.54) is 23.5 Å². The second-order valence-electron chi connectivity index (χ2n) is 3.30. The summed E-state index contributed by atoms with van der Waals surface area (Å²) in [7, 11) is -3.76. The zero-order valence-corrected chi connectivity index (χ0v) is 10.2. The Kier molecular flexibility index (Phi) is 3.03. The highest BCUT2D eigenvalue weighted by molar-refractivity contribution is 7.92. The fourth-order valence-corrected chi connectivity index (χ4v) is 2.94. The number of hydrogen-bond acceptors (Lipinski definition) is 4. The molecule has 0 aliphatic carbocycles. The van der Waals surface area contributed by atoms with Gasteiger partial charge in [0.15, 0.2) is 0 Å². The quantitative estimate of drug-likeness (QED) is 0.842. The minimum absolute atomic E-state index is 0.0838. The second-order valence-corrected chi connectivity index (χ2v) is 5.76. The first-order valence-corrected chi connectivity index (χ1v) is 7.02. The van der Waals surface area contributed by atoms with Crippen molar-refractivity contribution in [1.29, 1.82) is 0 Å². The summed E-state index contributed by atoms with van der Waals surface area (Å²) in [6.45, 7) is 0. The van der Waals surface area contributed by atoms with Gasteiger partial charge in [-0.1, -0.05) is 0 Å². The SMILES string of the molecule is Nc1ccc(S(=O)(=O)Nc2ccsc2)cc1F. The van der Waals surface area contributed by atoms with E-state index in [-0.39, 0.29) is 10.6 Å². The Labute approximate surface area is 102 Å². The molecule has 0 aliphatic heterocycles. The third kappa shape index (κ3) is 2.56. The molecular formula is C10H9FN2O2S2. The van der Waals surface area contributed by atoms with Crippen LogP contribution in [0.2, 0.25) is 0 Å². The van der Waals surface area contributed by atoms with Crippen molar-refractivity contribution in [2.75, 3.05) is 10.5 Å². The predicted octanol–water partition coefficient (Wildman–Crippen LogP) is 2.27. The zero-order valence-electron chi connectivity index (χ0n) is 8.55. The maximum atomic E-state index is 13.2. The highest BCUT2D eigenvalue weighted by Gasteiger charge is 2.15. The minimum Gasteiger partial charge on any atom is -0.396 e. The molecule has 0 aliphatic rings. The van der Waals surface area contributed by atoms with E-state index in [0.717, 1.165) is 6.07 Å². The van der Waals surface area contributed by atoms with Crippen LogP contribution in [0.15, 0.2) is 39.9 Å². The predicted molar refractivity (Wildman–Crippen MR) is 65.9 cm³/mol. The number of anilines is 2. The molecule has 2 rings (SSSR count). The van der Waals surface area contributed by atoms with Crippen molar-refractivity contribution in [2.24, 2.45) is 0 Å². The summed E-state index contributed by atoms with van der Waals surface area (Å²) >= 11 is 1.36. The van der Waals surface area contributed by atoms with Crippen molar-refractivity contribution >= 4 is 32.7 Å². The molecule has 1 aromatic carbocycles. The van der Waals surface area contributed by atoms with Crippen molar-refractivity contribution in [3.05, 3.63) is 40.8 Å². The van der Waals surface area contributed by atoms with Gasteiger partial charge in [-0.25, -0.2) is 12.8 Å². The van der Waals surface area contributed by atoms with E-state index in [9.17, 15) is 12.8 Å². The molecule has 0 amide bonds. The average molecular weight is 272 g/mol. The molecule has 0 unspecified atom stereocenters. The van der Waals surface area contributed by atoms with E-state index in [0.29, 0.717) is 5.69 Å². The number of halogens is 1. The van der Waals surface area contributed by atoms with E-state index in [1.807, 2.05) is 0 Å². The molecule has 0 saturated carbocycles. The fourth-order valence-electron chi connectivity index (χ4n) is 1.21. The van der Waals surface area contributed by atoms with Crippen LogP contribution in [0, 0.1) is 5.82 Å². The molecule has 4 nitrogen and oxygen atoms in total. The Hall–Kier alpha value is -1.60. The summed E-state index contributed by atoms with van der Waals surface area (Å²) in [6.07, 6.45) is 0. The monoisotopic (exact) mass is 272 g/mol. The van der Waals surface area contributed by atoms with E-state index < -0.39 is 15.8 Å². The Balaban J connectivity index is 2.35. The summed E-state index contributed by atoms with van der Waals surface area (Å²) in [6, 6.07) is 4.99. The third-order valence-electron chi connectivity index (χ3n) is 2.06. The number of nitrogens with one attached hydrogen (secondary N) is 1. The highest BCUT2D eigenvalue weighted by Crippen LogP contribution is 2.20. The Bertz CT molecular complexity index is 624. The first-order valence-electron chi connectivity index (χ1n) is 4.59. The van der Waals surface area contributed by atoms with Gasteiger partial charge in [-0.15, -0.1) is 0 Å². The normalized spacial score (nSPS) is 11.4. The van der Waals surface area contributed by atoms with E-state index >= 15 is 0 Å². The van der Waals surface area contributed by atoms with Crippen LogP contribution < -0.4 is 10.5 Å². The number of thiophene rings is 1. The molecule has 3 N–H and O–H groups in total. The summed E-state index contributed by atoms with van der Waals surface area (Å²) in [5.41, 5.74) is 5.65. The molecule has 2 aromatic rings. The van der Waals surface area contributed by atoms with Crippen molar-refractivity contribution in [1.82, 2.24) is 0 Å². The summed E-state index contributed by atoms with van der Waals surface area (Å²) < 4.78 is 39.2. The van der Waals surface area contributed by atoms with E-state index in [4.69, 9.17) is 5.73 Å². The van der Waals surface area contributed by atoms with Crippen LogP contribution in [-0.2, 0) is 10.0 Å². The van der Waals surface area contributed by atoms with Gasteiger partial charge in [-0.2, -0.15) is 11.3 Å². The van der Waals surface area contributed by atoms with Crippen LogP contribution >= 0.6 is 11.3 Å². The molecule has 7 heteroatoms. The Morgan fingerprint density at radius 3 is 2.65 bits per heavy atom. The van der Waals surface area contributed by atoms with Gasteiger partial charge < -0.3 is 5.73 Å². The van der Waals surface area contributed by atoms with Gasteiger partial charge in [0, 0.05) is 5.38 Å². The molecule has 0 bridgehead atoms.